The number of hydrogen-bond acceptors (Lipinski definition) is 0. The van der Waals surface area contributed by atoms with Crippen LogP contribution >= 0.6 is 24.8 Å². The fourth-order valence-corrected chi connectivity index (χ4v) is 7.42. The summed E-state index contributed by atoms with van der Waals surface area (Å²) in [6, 6.07) is 61.8. The van der Waals surface area contributed by atoms with Gasteiger partial charge in [0.25, 0.3) is 0 Å². The van der Waals surface area contributed by atoms with Crippen molar-refractivity contribution in [2.45, 2.75) is 33.1 Å². The van der Waals surface area contributed by atoms with E-state index < -0.39 is 0 Å². The second-order valence-electron chi connectivity index (χ2n) is 13.6. The van der Waals surface area contributed by atoms with Gasteiger partial charge in [0, 0.05) is 0 Å². The molecule has 4 heteroatoms. The molecule has 0 heterocycles. The van der Waals surface area contributed by atoms with E-state index in [1.54, 1.807) is 0 Å². The van der Waals surface area contributed by atoms with E-state index in [1.165, 1.54) is 111 Å². The zero-order valence-electron chi connectivity index (χ0n) is 32.3. The van der Waals surface area contributed by atoms with E-state index in [2.05, 4.69) is 198 Å². The van der Waals surface area contributed by atoms with Gasteiger partial charge in [0.1, 0.15) is 0 Å². The number of benzene rings is 7. The molecular weight excluding hydrogens is 803 g/mol. The Kier molecular flexibility index (Phi) is 17.1. The number of hydrogen-bond donors (Lipinski definition) is 0. The summed E-state index contributed by atoms with van der Waals surface area (Å²) in [7, 11) is 0. The van der Waals surface area contributed by atoms with Gasteiger partial charge >= 0.3 is 30.2 Å². The number of aryl methyl sites for hydroxylation is 1. The molecule has 0 bridgehead atoms. The second kappa shape index (κ2) is 20.8. The van der Waals surface area contributed by atoms with E-state index in [0.29, 0.717) is 5.92 Å². The van der Waals surface area contributed by atoms with Gasteiger partial charge in [-0.25, -0.2) is 0 Å². The molecule has 9 aromatic carbocycles. The Morgan fingerprint density at radius 1 is 0.509 bits per heavy atom. The van der Waals surface area contributed by atoms with E-state index >= 15 is 0 Å². The van der Waals surface area contributed by atoms with E-state index in [9.17, 15) is 0 Å². The molecule has 278 valence electrons. The van der Waals surface area contributed by atoms with Gasteiger partial charge in [-0.3, -0.25) is 0 Å². The van der Waals surface area contributed by atoms with Crippen LogP contribution in [0.4, 0.5) is 0 Å². The zero-order chi connectivity index (χ0) is 35.3. The van der Waals surface area contributed by atoms with Crippen molar-refractivity contribution in [3.05, 3.63) is 207 Å². The van der Waals surface area contributed by atoms with Crippen molar-refractivity contribution in [1.29, 1.82) is 0 Å². The van der Waals surface area contributed by atoms with Gasteiger partial charge in [-0.2, -0.15) is 12.1 Å². The van der Waals surface area contributed by atoms with E-state index in [1.807, 2.05) is 0 Å². The average molecular weight is 851 g/mol. The summed E-state index contributed by atoms with van der Waals surface area (Å²) < 4.78 is 0. The maximum atomic E-state index is 3.06. The Morgan fingerprint density at radius 2 is 1.00 bits per heavy atom. The summed E-state index contributed by atoms with van der Waals surface area (Å²) in [5, 5.41) is 10.7. The van der Waals surface area contributed by atoms with Crippen molar-refractivity contribution in [3.63, 3.8) is 0 Å². The van der Waals surface area contributed by atoms with Gasteiger partial charge in [-0.05, 0) is 50.6 Å². The Morgan fingerprint density at radius 3 is 1.58 bits per heavy atom. The first-order chi connectivity index (χ1) is 25.0. The number of fused-ring (bicyclic) bond motifs is 4. The molecule has 9 rings (SSSR count). The third-order valence-corrected chi connectivity index (χ3v) is 10.0. The maximum absolute atomic E-state index is 3.06. The van der Waals surface area contributed by atoms with E-state index in [-0.39, 0.29) is 39.7 Å². The van der Waals surface area contributed by atoms with Gasteiger partial charge < -0.3 is 14.9 Å². The summed E-state index contributed by atoms with van der Waals surface area (Å²) in [6.45, 7) is 9.78. The standard InChI is InChI=1S/C27H21.C22H19.2CH3.2ClH.Si.Zr/c1-19-14-15-25(24-13-7-11-22-10-5-6-12-23(22)24)27-18-21(17-26(19)27)16-20-8-3-2-4-9-20;1-15(2)18-13-17-9-6-12-21(22(17)14-18)20-11-5-8-16-7-3-4-10-19(16)20;;;;;;/h2-15,17-18H,16H2,1H3;3-15H,1-2H3;2*1H3;2*1H;;/q4*-1;;;;. The first kappa shape index (κ1) is 45.4. The van der Waals surface area contributed by atoms with Crippen LogP contribution in [0.1, 0.15) is 42.0 Å². The molecule has 0 aliphatic carbocycles. The van der Waals surface area contributed by atoms with Gasteiger partial charge in [-0.15, -0.1) is 93.4 Å². The van der Waals surface area contributed by atoms with Gasteiger partial charge in [-0.1, -0.05) is 159 Å². The third kappa shape index (κ3) is 9.68. The first-order valence-electron chi connectivity index (χ1n) is 17.7. The van der Waals surface area contributed by atoms with Crippen LogP contribution in [0.3, 0.4) is 0 Å². The Bertz CT molecular complexity index is 2590. The molecule has 0 N–H and O–H groups in total. The quantitative estimate of drug-likeness (QED) is 0.120. The molecule has 0 aromatic heterocycles. The zero-order valence-corrected chi connectivity index (χ0v) is 37.4. The molecule has 55 heavy (non-hydrogen) atoms. The predicted octanol–water partition coefficient (Wildman–Crippen LogP) is 15.1. The SMILES string of the molecule is CC(C)c1cc2c(-c3cccc4ccccc34)cccc2[cH-]1.Cc1ccc(-c2cccc3ccccc23)c2cc(Cc3ccccc3)[cH-]c12.Cl.Cl.[CH3-].[CH3-].[Si]=[Zr]. The molecule has 0 saturated heterocycles. The molecule has 0 unspecified atom stereocenters. The fraction of sp³-hybridized carbons (Fsp3) is 0.0980. The van der Waals surface area contributed by atoms with Crippen LogP contribution in [0, 0.1) is 21.8 Å². The van der Waals surface area contributed by atoms with Crippen LogP contribution in [-0.2, 0) is 29.8 Å². The Balaban J connectivity index is 0.000000268. The van der Waals surface area contributed by atoms with Crippen LogP contribution in [0.2, 0.25) is 0 Å². The van der Waals surface area contributed by atoms with Crippen molar-refractivity contribution in [2.75, 3.05) is 0 Å². The molecule has 0 spiro atoms. The molecule has 0 atom stereocenters. The average Bonchev–Trinajstić information content (AvgIpc) is 3.82. The van der Waals surface area contributed by atoms with Gasteiger partial charge in [0.2, 0.25) is 0 Å². The molecule has 9 aromatic rings. The molecule has 2 radical (unpaired) electrons. The molecule has 0 saturated carbocycles. The fourth-order valence-electron chi connectivity index (χ4n) is 7.42. The summed E-state index contributed by atoms with van der Waals surface area (Å²) in [5.74, 6) is 0.563. The third-order valence-electron chi connectivity index (χ3n) is 10.0. The summed E-state index contributed by atoms with van der Waals surface area (Å²) in [6.07, 6.45) is 0.976. The first-order valence-corrected chi connectivity index (χ1v) is 21.9. The van der Waals surface area contributed by atoms with Crippen molar-refractivity contribution in [3.8, 4) is 22.3 Å². The van der Waals surface area contributed by atoms with E-state index in [4.69, 9.17) is 0 Å². The van der Waals surface area contributed by atoms with Crippen molar-refractivity contribution >= 4 is 74.8 Å². The number of rotatable bonds is 5. The molecule has 0 fully saturated rings. The minimum absolute atomic E-state index is 0. The van der Waals surface area contributed by atoms with Crippen LogP contribution in [-0.4, -0.2) is 6.88 Å². The van der Waals surface area contributed by atoms with Crippen LogP contribution in [0.5, 0.6) is 0 Å². The topological polar surface area (TPSA) is 0 Å². The predicted molar refractivity (Wildman–Crippen MR) is 246 cm³/mol. The van der Waals surface area contributed by atoms with Gasteiger partial charge in [0.05, 0.1) is 0 Å². The van der Waals surface area contributed by atoms with Crippen LogP contribution in [0.15, 0.2) is 170 Å². The van der Waals surface area contributed by atoms with Crippen LogP contribution in [0.25, 0.3) is 65.3 Å². The van der Waals surface area contributed by atoms with E-state index in [0.717, 1.165) is 6.42 Å². The molecule has 0 aliphatic rings. The van der Waals surface area contributed by atoms with Crippen molar-refractivity contribution < 1.29 is 23.3 Å². The molecule has 0 aliphatic heterocycles. The molecular formula is C51H48Cl2SiZr-4. The monoisotopic (exact) mass is 848 g/mol. The van der Waals surface area contributed by atoms with Crippen molar-refractivity contribution in [1.82, 2.24) is 0 Å². The molecule has 0 amide bonds. The Labute approximate surface area is 357 Å². The van der Waals surface area contributed by atoms with Crippen molar-refractivity contribution in [2.24, 2.45) is 0 Å². The number of halogens is 2. The summed E-state index contributed by atoms with van der Waals surface area (Å²) >= 11 is 1.36. The summed E-state index contributed by atoms with van der Waals surface area (Å²) in [5.41, 5.74) is 10.8. The molecule has 0 nitrogen and oxygen atoms in total. The van der Waals surface area contributed by atoms with Crippen LogP contribution < -0.4 is 0 Å². The Hall–Kier alpha value is -4.04. The normalized spacial score (nSPS) is 10.2. The minimum atomic E-state index is 0. The summed E-state index contributed by atoms with van der Waals surface area (Å²) in [4.78, 5) is 0. The second-order valence-corrected chi connectivity index (χ2v) is 13.6. The van der Waals surface area contributed by atoms with Gasteiger partial charge in [0.15, 0.2) is 0 Å².